The second-order valence-corrected chi connectivity index (χ2v) is 20.9. The molecule has 0 bridgehead atoms. The SMILES string of the molecule is CCCCc1cc(C)c(N(c2ccc(C)cc2)c2ccc3c(c2)C(c2ccc4c(c2)CC4)(c2ccc4c(c2)CC4)c2cc(N(c4ccc(C)cc4)c4c(C)cc(CCCC)cc4C)ccc2-3)c(C)c1. The van der Waals surface area contributed by atoms with Gasteiger partial charge in [-0.1, -0.05) is 135 Å². The molecule has 0 saturated carbocycles. The zero-order valence-corrected chi connectivity index (χ0v) is 42.3. The van der Waals surface area contributed by atoms with Crippen LogP contribution in [0.4, 0.5) is 34.1 Å². The summed E-state index contributed by atoms with van der Waals surface area (Å²) >= 11 is 0. The van der Waals surface area contributed by atoms with E-state index in [1.165, 1.54) is 160 Å². The molecule has 8 aromatic carbocycles. The largest absolute Gasteiger partial charge is 0.310 e. The molecule has 0 N–H and O–H groups in total. The fourth-order valence-corrected chi connectivity index (χ4v) is 12.3. The number of aryl methyl sites for hydroxylation is 12. The lowest BCUT2D eigenvalue weighted by Crippen LogP contribution is -2.31. The Morgan fingerprint density at radius 1 is 0.377 bits per heavy atom. The molecule has 0 atom stereocenters. The first-order valence-electron chi connectivity index (χ1n) is 26.0. The third-order valence-corrected chi connectivity index (χ3v) is 16.0. The molecule has 3 aliphatic rings. The Bertz CT molecular complexity index is 2990. The van der Waals surface area contributed by atoms with Crippen LogP contribution in [-0.4, -0.2) is 0 Å². The van der Waals surface area contributed by atoms with Gasteiger partial charge < -0.3 is 9.80 Å². The highest BCUT2D eigenvalue weighted by atomic mass is 15.2. The second kappa shape index (κ2) is 18.0. The van der Waals surface area contributed by atoms with Crippen LogP contribution in [0.5, 0.6) is 0 Å². The van der Waals surface area contributed by atoms with Crippen LogP contribution < -0.4 is 9.80 Å². The number of nitrogens with zero attached hydrogens (tertiary/aromatic N) is 2. The zero-order chi connectivity index (χ0) is 47.6. The van der Waals surface area contributed by atoms with E-state index in [-0.39, 0.29) is 0 Å². The highest BCUT2D eigenvalue weighted by Crippen LogP contribution is 2.59. The van der Waals surface area contributed by atoms with E-state index >= 15 is 0 Å². The van der Waals surface area contributed by atoms with Gasteiger partial charge in [0, 0.05) is 22.7 Å². The molecule has 0 spiro atoms. The van der Waals surface area contributed by atoms with Crippen molar-refractivity contribution in [1.29, 1.82) is 0 Å². The average molecular weight is 901 g/mol. The summed E-state index contributed by atoms with van der Waals surface area (Å²) in [6, 6.07) is 58.0. The Morgan fingerprint density at radius 3 is 1.07 bits per heavy atom. The lowest BCUT2D eigenvalue weighted by molar-refractivity contribution is 0.740. The number of rotatable bonds is 14. The maximum absolute atomic E-state index is 2.58. The molecule has 0 aromatic heterocycles. The first-order valence-corrected chi connectivity index (χ1v) is 26.0. The van der Waals surface area contributed by atoms with Gasteiger partial charge >= 0.3 is 0 Å². The standard InChI is InChI=1S/C67H68N2/c1-9-11-13-49-35-45(5)65(46(6)36-49)68(57-27-15-43(3)16-28-57)59-31-33-61-62-34-32-60(69(58-29-17-44(4)18-30-58)66-47(7)37-50(14-12-10-2)38-48(66)8)42-64(62)67(63(61)41-59,55-25-23-51-19-21-53(51)39-55)56-26-24-52-20-22-54(52)40-56/h15-18,23-42H,9-14,19-22H2,1-8H3. The Morgan fingerprint density at radius 2 is 0.739 bits per heavy atom. The molecule has 346 valence electrons. The normalized spacial score (nSPS) is 13.7. The predicted octanol–water partition coefficient (Wildman–Crippen LogP) is 17.7. The van der Waals surface area contributed by atoms with Crippen LogP contribution >= 0.6 is 0 Å². The quantitative estimate of drug-likeness (QED) is 0.107. The van der Waals surface area contributed by atoms with Crippen molar-refractivity contribution < 1.29 is 0 Å². The molecule has 3 aliphatic carbocycles. The summed E-state index contributed by atoms with van der Waals surface area (Å²) in [7, 11) is 0. The predicted molar refractivity (Wildman–Crippen MR) is 294 cm³/mol. The molecular weight excluding hydrogens is 833 g/mol. The number of fused-ring (bicyclic) bond motifs is 5. The van der Waals surface area contributed by atoms with Gasteiger partial charge in [0.2, 0.25) is 0 Å². The zero-order valence-electron chi connectivity index (χ0n) is 42.3. The third kappa shape index (κ3) is 7.72. The van der Waals surface area contributed by atoms with Crippen molar-refractivity contribution in [1.82, 2.24) is 0 Å². The van der Waals surface area contributed by atoms with Gasteiger partial charge in [0.25, 0.3) is 0 Å². The molecule has 0 amide bonds. The first-order chi connectivity index (χ1) is 33.5. The molecule has 0 fully saturated rings. The molecular formula is C67H68N2. The van der Waals surface area contributed by atoms with Gasteiger partial charge in [-0.05, 0) is 230 Å². The van der Waals surface area contributed by atoms with Crippen LogP contribution in [0, 0.1) is 41.5 Å². The molecule has 0 radical (unpaired) electrons. The van der Waals surface area contributed by atoms with E-state index in [1.807, 2.05) is 0 Å². The van der Waals surface area contributed by atoms with Crippen molar-refractivity contribution in [3.8, 4) is 11.1 Å². The monoisotopic (exact) mass is 901 g/mol. The van der Waals surface area contributed by atoms with Crippen LogP contribution in [0.3, 0.4) is 0 Å². The van der Waals surface area contributed by atoms with Gasteiger partial charge in [-0.3, -0.25) is 0 Å². The number of benzene rings is 8. The third-order valence-electron chi connectivity index (χ3n) is 16.0. The Labute approximate surface area is 412 Å². The second-order valence-electron chi connectivity index (χ2n) is 20.9. The van der Waals surface area contributed by atoms with Crippen molar-refractivity contribution in [3.63, 3.8) is 0 Å². The molecule has 0 heterocycles. The summed E-state index contributed by atoms with van der Waals surface area (Å²) in [5, 5.41) is 0. The first kappa shape index (κ1) is 44.8. The minimum absolute atomic E-state index is 0.577. The van der Waals surface area contributed by atoms with Gasteiger partial charge in [-0.15, -0.1) is 0 Å². The minimum atomic E-state index is -0.577. The fourth-order valence-electron chi connectivity index (χ4n) is 12.3. The lowest BCUT2D eigenvalue weighted by atomic mass is 9.65. The fraction of sp³-hybridized carbons (Fsp3) is 0.284. The lowest BCUT2D eigenvalue weighted by Gasteiger charge is -2.38. The average Bonchev–Trinajstić information content (AvgIpc) is 3.61. The number of anilines is 6. The van der Waals surface area contributed by atoms with Crippen molar-refractivity contribution in [2.75, 3.05) is 9.80 Å². The van der Waals surface area contributed by atoms with E-state index in [1.54, 1.807) is 0 Å². The van der Waals surface area contributed by atoms with Crippen molar-refractivity contribution in [2.45, 2.75) is 125 Å². The summed E-state index contributed by atoms with van der Waals surface area (Å²) < 4.78 is 0. The van der Waals surface area contributed by atoms with Crippen molar-refractivity contribution in [2.24, 2.45) is 0 Å². The number of hydrogen-bond donors (Lipinski definition) is 0. The maximum Gasteiger partial charge on any atom is 0.0715 e. The van der Waals surface area contributed by atoms with E-state index in [2.05, 4.69) is 211 Å². The topological polar surface area (TPSA) is 6.48 Å². The van der Waals surface area contributed by atoms with Crippen LogP contribution in [-0.2, 0) is 43.9 Å². The van der Waals surface area contributed by atoms with Gasteiger partial charge in [0.05, 0.1) is 16.8 Å². The van der Waals surface area contributed by atoms with Gasteiger partial charge in [-0.25, -0.2) is 0 Å². The molecule has 11 rings (SSSR count). The smallest absolute Gasteiger partial charge is 0.0715 e. The van der Waals surface area contributed by atoms with Gasteiger partial charge in [0.1, 0.15) is 0 Å². The summed E-state index contributed by atoms with van der Waals surface area (Å²) in [6.45, 7) is 18.2. The Hall–Kier alpha value is -6.64. The molecule has 8 aromatic rings. The summed E-state index contributed by atoms with van der Waals surface area (Å²) in [4.78, 5) is 5.11. The van der Waals surface area contributed by atoms with Gasteiger partial charge in [0.15, 0.2) is 0 Å². The van der Waals surface area contributed by atoms with Crippen LogP contribution in [0.25, 0.3) is 11.1 Å². The van der Waals surface area contributed by atoms with Crippen LogP contribution in [0.15, 0.2) is 146 Å². The van der Waals surface area contributed by atoms with E-state index < -0.39 is 5.41 Å². The van der Waals surface area contributed by atoms with Crippen LogP contribution in [0.2, 0.25) is 0 Å². The van der Waals surface area contributed by atoms with E-state index in [4.69, 9.17) is 0 Å². The van der Waals surface area contributed by atoms with Crippen molar-refractivity contribution in [3.05, 3.63) is 235 Å². The molecule has 69 heavy (non-hydrogen) atoms. The highest BCUT2D eigenvalue weighted by molar-refractivity contribution is 5.93. The van der Waals surface area contributed by atoms with E-state index in [0.717, 1.165) is 38.5 Å². The Kier molecular flexibility index (Phi) is 11.7. The van der Waals surface area contributed by atoms with Crippen molar-refractivity contribution >= 4 is 34.1 Å². The molecule has 0 unspecified atom stereocenters. The molecule has 0 aliphatic heterocycles. The van der Waals surface area contributed by atoms with Gasteiger partial charge in [-0.2, -0.15) is 0 Å². The summed E-state index contributed by atoms with van der Waals surface area (Å²) in [5.41, 5.74) is 31.3. The number of hydrogen-bond acceptors (Lipinski definition) is 2. The molecule has 2 heteroatoms. The maximum atomic E-state index is 2.58. The molecule has 0 saturated heterocycles. The van der Waals surface area contributed by atoms with E-state index in [9.17, 15) is 0 Å². The van der Waals surface area contributed by atoms with E-state index in [0.29, 0.717) is 0 Å². The summed E-state index contributed by atoms with van der Waals surface area (Å²) in [6.07, 6.45) is 11.6. The highest BCUT2D eigenvalue weighted by Gasteiger charge is 2.48. The Balaban J connectivity index is 1.18. The number of unbranched alkanes of at least 4 members (excludes halogenated alkanes) is 2. The minimum Gasteiger partial charge on any atom is -0.310 e. The molecule has 2 nitrogen and oxygen atoms in total. The summed E-state index contributed by atoms with van der Waals surface area (Å²) in [5.74, 6) is 0. The van der Waals surface area contributed by atoms with Crippen LogP contribution in [0.1, 0.15) is 129 Å².